The second kappa shape index (κ2) is 9.33. The minimum Gasteiger partial charge on any atom is -0.310 e. The van der Waals surface area contributed by atoms with E-state index in [4.69, 9.17) is 0 Å². The van der Waals surface area contributed by atoms with E-state index in [0.717, 1.165) is 22.6 Å². The lowest BCUT2D eigenvalue weighted by molar-refractivity contribution is 1.29. The van der Waals surface area contributed by atoms with Crippen LogP contribution in [0, 0.1) is 0 Å². The van der Waals surface area contributed by atoms with Gasteiger partial charge in [0.2, 0.25) is 0 Å². The van der Waals surface area contributed by atoms with Gasteiger partial charge in [-0.1, -0.05) is 97.1 Å². The maximum Gasteiger partial charge on any atom is 0.0818 e. The van der Waals surface area contributed by atoms with E-state index in [2.05, 4.69) is 149 Å². The van der Waals surface area contributed by atoms with Gasteiger partial charge in [-0.2, -0.15) is 0 Å². The summed E-state index contributed by atoms with van der Waals surface area (Å²) < 4.78 is 1.23. The van der Waals surface area contributed by atoms with Gasteiger partial charge in [-0.15, -0.1) is 11.3 Å². The Bertz CT molecular complexity index is 2130. The number of benzene rings is 7. The number of anilines is 3. The molecule has 188 valence electrons. The summed E-state index contributed by atoms with van der Waals surface area (Å²) in [4.78, 5) is 6.85. The molecule has 0 aliphatic heterocycles. The van der Waals surface area contributed by atoms with Crippen molar-refractivity contribution in [2.45, 2.75) is 0 Å². The molecule has 0 amide bonds. The van der Waals surface area contributed by atoms with Gasteiger partial charge in [0, 0.05) is 22.6 Å². The Kier molecular flexibility index (Phi) is 5.35. The Balaban J connectivity index is 1.32. The predicted molar refractivity (Wildman–Crippen MR) is 172 cm³/mol. The zero-order valence-electron chi connectivity index (χ0n) is 21.7. The largest absolute Gasteiger partial charge is 0.310 e. The number of hydrogen-bond donors (Lipinski definition) is 0. The fourth-order valence-electron chi connectivity index (χ4n) is 5.96. The summed E-state index contributed by atoms with van der Waals surface area (Å²) in [6, 6.07) is 50.3. The molecule has 0 fully saturated rings. The summed E-state index contributed by atoms with van der Waals surface area (Å²) >= 11 is 1.69. The summed E-state index contributed by atoms with van der Waals surface area (Å²) in [7, 11) is 0. The van der Waals surface area contributed by atoms with Crippen LogP contribution in [0.2, 0.25) is 0 Å². The van der Waals surface area contributed by atoms with Crippen LogP contribution < -0.4 is 4.90 Å². The minimum absolute atomic E-state index is 1.05. The highest BCUT2D eigenvalue weighted by Crippen LogP contribution is 2.41. The van der Waals surface area contributed by atoms with Crippen LogP contribution in [-0.2, 0) is 0 Å². The lowest BCUT2D eigenvalue weighted by Gasteiger charge is -2.26. The van der Waals surface area contributed by atoms with Crippen molar-refractivity contribution in [2.75, 3.05) is 4.90 Å². The highest BCUT2D eigenvalue weighted by molar-refractivity contribution is 7.17. The molecule has 0 N–H and O–H groups in total. The number of hydrogen-bond acceptors (Lipinski definition) is 3. The highest BCUT2D eigenvalue weighted by atomic mass is 32.1. The van der Waals surface area contributed by atoms with Gasteiger partial charge in [-0.3, -0.25) is 0 Å². The maximum atomic E-state index is 4.51. The van der Waals surface area contributed by atoms with Gasteiger partial charge in [0.05, 0.1) is 15.7 Å². The van der Waals surface area contributed by atoms with Crippen LogP contribution in [0.3, 0.4) is 0 Å². The molecule has 0 aliphatic rings. The van der Waals surface area contributed by atoms with E-state index < -0.39 is 0 Å². The van der Waals surface area contributed by atoms with Gasteiger partial charge in [-0.25, -0.2) is 4.98 Å². The smallest absolute Gasteiger partial charge is 0.0818 e. The monoisotopic (exact) mass is 528 g/mol. The molecule has 1 aromatic heterocycles. The Hall–Kier alpha value is -4.99. The minimum atomic E-state index is 1.05. The molecule has 3 heteroatoms. The Labute approximate surface area is 236 Å². The standard InChI is InChI=1S/C37H24N2S/c1-2-9-26(10-3-1)39(27-19-17-25(18-20-27)29-15-8-16-36-37(29)40-24-38-36)28-21-22-34-32-13-5-4-11-30(32)31-12-6-7-14-33(31)35(34)23-28/h1-24H. The maximum absolute atomic E-state index is 4.51. The van der Waals surface area contributed by atoms with Gasteiger partial charge in [0.15, 0.2) is 0 Å². The first-order chi connectivity index (χ1) is 19.8. The molecular formula is C37H24N2S. The van der Waals surface area contributed by atoms with Crippen molar-refractivity contribution in [3.05, 3.63) is 145 Å². The molecule has 0 bridgehead atoms. The number of rotatable bonds is 4. The van der Waals surface area contributed by atoms with Crippen LogP contribution in [0.4, 0.5) is 17.1 Å². The molecule has 1 heterocycles. The Morgan fingerprint density at radius 3 is 1.73 bits per heavy atom. The van der Waals surface area contributed by atoms with Gasteiger partial charge in [-0.05, 0) is 80.3 Å². The quantitative estimate of drug-likeness (QED) is 0.211. The third kappa shape index (κ3) is 3.67. The SMILES string of the molecule is c1ccc(N(c2ccc(-c3cccc4ncsc34)cc2)c2ccc3c4ccccc4c4ccccc4c3c2)cc1. The van der Waals surface area contributed by atoms with Crippen molar-refractivity contribution < 1.29 is 0 Å². The zero-order valence-corrected chi connectivity index (χ0v) is 22.5. The van der Waals surface area contributed by atoms with Crippen LogP contribution in [0.5, 0.6) is 0 Å². The van der Waals surface area contributed by atoms with Crippen LogP contribution in [0.25, 0.3) is 53.7 Å². The fourth-order valence-corrected chi connectivity index (χ4v) is 6.79. The molecule has 0 radical (unpaired) electrons. The van der Waals surface area contributed by atoms with Crippen molar-refractivity contribution in [1.29, 1.82) is 0 Å². The number of aromatic nitrogens is 1. The van der Waals surface area contributed by atoms with Crippen LogP contribution >= 0.6 is 11.3 Å². The van der Waals surface area contributed by atoms with E-state index in [-0.39, 0.29) is 0 Å². The fraction of sp³-hybridized carbons (Fsp3) is 0. The molecule has 40 heavy (non-hydrogen) atoms. The summed E-state index contributed by atoms with van der Waals surface area (Å²) in [5.74, 6) is 0. The van der Waals surface area contributed by atoms with E-state index in [0.29, 0.717) is 0 Å². The summed E-state index contributed by atoms with van der Waals surface area (Å²) in [5.41, 5.74) is 8.78. The van der Waals surface area contributed by atoms with E-state index in [1.165, 1.54) is 48.1 Å². The van der Waals surface area contributed by atoms with E-state index >= 15 is 0 Å². The molecule has 0 saturated heterocycles. The molecule has 0 saturated carbocycles. The molecule has 0 atom stereocenters. The van der Waals surface area contributed by atoms with E-state index in [1.807, 2.05) is 5.51 Å². The van der Waals surface area contributed by atoms with Crippen molar-refractivity contribution in [3.8, 4) is 11.1 Å². The third-order valence-electron chi connectivity index (χ3n) is 7.79. The first-order valence-corrected chi connectivity index (χ1v) is 14.3. The normalized spacial score (nSPS) is 11.5. The van der Waals surface area contributed by atoms with Crippen LogP contribution in [-0.4, -0.2) is 4.98 Å². The Morgan fingerprint density at radius 2 is 1.02 bits per heavy atom. The van der Waals surface area contributed by atoms with Crippen LogP contribution in [0.15, 0.2) is 145 Å². The summed E-state index contributed by atoms with van der Waals surface area (Å²) in [6.45, 7) is 0. The molecule has 0 aliphatic carbocycles. The average molecular weight is 529 g/mol. The molecule has 0 spiro atoms. The lowest BCUT2D eigenvalue weighted by Crippen LogP contribution is -2.09. The molecule has 0 unspecified atom stereocenters. The second-order valence-electron chi connectivity index (χ2n) is 10.0. The van der Waals surface area contributed by atoms with Crippen LogP contribution in [0.1, 0.15) is 0 Å². The molecule has 2 nitrogen and oxygen atoms in total. The number of fused-ring (bicyclic) bond motifs is 7. The summed E-state index contributed by atoms with van der Waals surface area (Å²) in [6.07, 6.45) is 0. The summed E-state index contributed by atoms with van der Waals surface area (Å²) in [5, 5.41) is 7.69. The van der Waals surface area contributed by atoms with Gasteiger partial charge >= 0.3 is 0 Å². The van der Waals surface area contributed by atoms with Crippen molar-refractivity contribution in [3.63, 3.8) is 0 Å². The predicted octanol–water partition coefficient (Wildman–Crippen LogP) is 10.9. The molecule has 7 aromatic carbocycles. The molecule has 8 aromatic rings. The van der Waals surface area contributed by atoms with E-state index in [9.17, 15) is 0 Å². The molecular weight excluding hydrogens is 504 g/mol. The van der Waals surface area contributed by atoms with Crippen molar-refractivity contribution >= 4 is 70.9 Å². The number of para-hydroxylation sites is 1. The first-order valence-electron chi connectivity index (χ1n) is 13.5. The van der Waals surface area contributed by atoms with Crippen molar-refractivity contribution in [1.82, 2.24) is 4.98 Å². The third-order valence-corrected chi connectivity index (χ3v) is 8.67. The topological polar surface area (TPSA) is 16.1 Å². The zero-order chi connectivity index (χ0) is 26.5. The second-order valence-corrected chi connectivity index (χ2v) is 10.9. The van der Waals surface area contributed by atoms with Gasteiger partial charge in [0.25, 0.3) is 0 Å². The number of thiazole rings is 1. The average Bonchev–Trinajstić information content (AvgIpc) is 3.52. The Morgan fingerprint density at radius 1 is 0.450 bits per heavy atom. The number of nitrogens with zero attached hydrogens (tertiary/aromatic N) is 2. The molecule has 8 rings (SSSR count). The van der Waals surface area contributed by atoms with Crippen molar-refractivity contribution in [2.24, 2.45) is 0 Å². The van der Waals surface area contributed by atoms with Gasteiger partial charge < -0.3 is 4.90 Å². The first kappa shape index (κ1) is 22.9. The highest BCUT2D eigenvalue weighted by Gasteiger charge is 2.16. The van der Waals surface area contributed by atoms with E-state index in [1.54, 1.807) is 11.3 Å². The lowest BCUT2D eigenvalue weighted by atomic mass is 9.94. The van der Waals surface area contributed by atoms with Gasteiger partial charge in [0.1, 0.15) is 0 Å².